The van der Waals surface area contributed by atoms with Crippen LogP contribution in [0.4, 0.5) is 5.69 Å². The predicted molar refractivity (Wildman–Crippen MR) is 126 cm³/mol. The molecule has 2 aliphatic rings. The first kappa shape index (κ1) is 21.2. The summed E-state index contributed by atoms with van der Waals surface area (Å²) in [4.78, 5) is 25.6. The Kier molecular flexibility index (Phi) is 5.83. The van der Waals surface area contributed by atoms with E-state index in [1.165, 1.54) is 0 Å². The van der Waals surface area contributed by atoms with Crippen molar-refractivity contribution in [1.82, 2.24) is 9.88 Å². The van der Waals surface area contributed by atoms with Gasteiger partial charge in [0.25, 0.3) is 0 Å². The van der Waals surface area contributed by atoms with E-state index in [1.54, 1.807) is 13.4 Å². The van der Waals surface area contributed by atoms with E-state index >= 15 is 0 Å². The lowest BCUT2D eigenvalue weighted by atomic mass is 10.1. The van der Waals surface area contributed by atoms with E-state index in [-0.39, 0.29) is 17.9 Å². The third kappa shape index (κ3) is 4.34. The number of H-pyrrole nitrogens is 1. The number of hydrogen-bond acceptors (Lipinski definition) is 6. The zero-order valence-corrected chi connectivity index (χ0v) is 18.5. The van der Waals surface area contributed by atoms with Crippen LogP contribution in [0.5, 0.6) is 11.6 Å². The van der Waals surface area contributed by atoms with Gasteiger partial charge in [0.05, 0.1) is 35.0 Å². The molecular weight excluding hydrogens is 420 g/mol. The fraction of sp³-hybridized carbons (Fsp3) is 0.320. The van der Waals surface area contributed by atoms with Gasteiger partial charge < -0.3 is 24.5 Å². The number of nitrogens with zero attached hydrogens (tertiary/aromatic N) is 3. The number of aromatic hydroxyl groups is 1. The Bertz CT molecular complexity index is 1340. The van der Waals surface area contributed by atoms with E-state index < -0.39 is 0 Å². The van der Waals surface area contributed by atoms with Gasteiger partial charge in [-0.25, -0.2) is 9.98 Å². The standard InChI is InChI=1S/C25H26N4O4/c1-32-12-9-23(30)29-10-7-17(8-11-29)33-22-4-2-3-20-24(22)18(25(31)28-20)13-16-5-6-19-21(14-16)27-15-26-19/h2-6,13-15,17,28,31H,7-12H2,1H3/b16-13+. The summed E-state index contributed by atoms with van der Waals surface area (Å²) in [7, 11) is 1.60. The van der Waals surface area contributed by atoms with E-state index in [4.69, 9.17) is 9.47 Å². The van der Waals surface area contributed by atoms with Crippen LogP contribution in [-0.2, 0) is 9.53 Å². The van der Waals surface area contributed by atoms with Crippen molar-refractivity contribution in [2.75, 3.05) is 26.8 Å². The number of aromatic nitrogens is 1. The Labute approximate surface area is 190 Å². The molecule has 0 aliphatic carbocycles. The summed E-state index contributed by atoms with van der Waals surface area (Å²) < 4.78 is 11.4. The molecule has 1 amide bonds. The molecule has 33 heavy (non-hydrogen) atoms. The van der Waals surface area contributed by atoms with Crippen molar-refractivity contribution in [3.05, 3.63) is 52.5 Å². The Hall–Kier alpha value is -3.65. The highest BCUT2D eigenvalue weighted by molar-refractivity contribution is 5.96. The van der Waals surface area contributed by atoms with Gasteiger partial charge in [-0.05, 0) is 35.6 Å². The van der Waals surface area contributed by atoms with Gasteiger partial charge in [-0.3, -0.25) is 4.79 Å². The van der Waals surface area contributed by atoms with Crippen molar-refractivity contribution in [3.63, 3.8) is 0 Å². The minimum Gasteiger partial charge on any atom is -0.494 e. The molecule has 2 aliphatic heterocycles. The number of rotatable bonds is 6. The molecule has 2 N–H and O–H groups in total. The molecule has 0 spiro atoms. The highest BCUT2D eigenvalue weighted by Crippen LogP contribution is 2.36. The fourth-order valence-corrected chi connectivity index (χ4v) is 4.38. The van der Waals surface area contributed by atoms with Crippen molar-refractivity contribution in [2.24, 2.45) is 9.98 Å². The SMILES string of the molecule is COCCC(=O)N1CCC(Oc2cccc3[nH]c(O)c(/C=c4\ccc5c(c4)N=CN=5)c23)CC1. The van der Waals surface area contributed by atoms with Crippen LogP contribution in [0.3, 0.4) is 0 Å². The van der Waals surface area contributed by atoms with Crippen LogP contribution in [0.1, 0.15) is 24.8 Å². The monoisotopic (exact) mass is 446 g/mol. The largest absolute Gasteiger partial charge is 0.494 e. The summed E-state index contributed by atoms with van der Waals surface area (Å²) in [6, 6.07) is 11.6. The number of likely N-dealkylation sites (tertiary alicyclic amines) is 1. The molecule has 8 heteroatoms. The molecular formula is C25H26N4O4. The molecule has 0 saturated carbocycles. The summed E-state index contributed by atoms with van der Waals surface area (Å²) >= 11 is 0. The quantitative estimate of drug-likeness (QED) is 0.607. The van der Waals surface area contributed by atoms with Crippen LogP contribution in [0.25, 0.3) is 17.0 Å². The highest BCUT2D eigenvalue weighted by atomic mass is 16.5. The van der Waals surface area contributed by atoms with Crippen molar-refractivity contribution in [1.29, 1.82) is 0 Å². The number of hydrogen-bond donors (Lipinski definition) is 2. The van der Waals surface area contributed by atoms with E-state index in [0.717, 1.165) is 40.0 Å². The van der Waals surface area contributed by atoms with Gasteiger partial charge >= 0.3 is 0 Å². The van der Waals surface area contributed by atoms with E-state index in [0.29, 0.717) is 37.4 Å². The molecule has 0 atom stereocenters. The molecule has 170 valence electrons. The van der Waals surface area contributed by atoms with E-state index in [1.807, 2.05) is 47.4 Å². The van der Waals surface area contributed by atoms with Gasteiger partial charge in [0.15, 0.2) is 5.88 Å². The average molecular weight is 447 g/mol. The fourth-order valence-electron chi connectivity index (χ4n) is 4.38. The van der Waals surface area contributed by atoms with E-state index in [9.17, 15) is 9.90 Å². The molecule has 0 radical (unpaired) electrons. The molecule has 5 rings (SSSR count). The maximum atomic E-state index is 12.2. The van der Waals surface area contributed by atoms with Crippen molar-refractivity contribution in [2.45, 2.75) is 25.4 Å². The van der Waals surface area contributed by atoms with E-state index in [2.05, 4.69) is 15.0 Å². The molecule has 1 saturated heterocycles. The number of nitrogens with one attached hydrogen (secondary N) is 1. The van der Waals surface area contributed by atoms with Gasteiger partial charge in [0.2, 0.25) is 5.91 Å². The zero-order valence-electron chi connectivity index (χ0n) is 18.5. The second kappa shape index (κ2) is 9.07. The Morgan fingerprint density at radius 1 is 1.27 bits per heavy atom. The maximum Gasteiger partial charge on any atom is 0.224 e. The summed E-state index contributed by atoms with van der Waals surface area (Å²) in [6.45, 7) is 1.78. The van der Waals surface area contributed by atoms with Crippen molar-refractivity contribution >= 4 is 34.9 Å². The molecule has 8 nitrogen and oxygen atoms in total. The Morgan fingerprint density at radius 2 is 2.12 bits per heavy atom. The topological polar surface area (TPSA) is 99.5 Å². The van der Waals surface area contributed by atoms with Crippen LogP contribution < -0.4 is 15.3 Å². The number of carbonyl (C=O) groups excluding carboxylic acids is 1. The molecule has 2 aromatic carbocycles. The normalized spacial score (nSPS) is 16.3. The smallest absolute Gasteiger partial charge is 0.224 e. The van der Waals surface area contributed by atoms with Crippen molar-refractivity contribution < 1.29 is 19.4 Å². The number of fused-ring (bicyclic) bond motifs is 2. The van der Waals surface area contributed by atoms with Crippen LogP contribution in [0, 0.1) is 0 Å². The van der Waals surface area contributed by atoms with Crippen LogP contribution in [-0.4, -0.2) is 60.1 Å². The molecule has 3 aromatic rings. The first-order valence-corrected chi connectivity index (χ1v) is 11.1. The zero-order chi connectivity index (χ0) is 22.8. The lowest BCUT2D eigenvalue weighted by Crippen LogP contribution is -2.42. The first-order chi connectivity index (χ1) is 16.1. The average Bonchev–Trinajstić information content (AvgIpc) is 3.42. The lowest BCUT2D eigenvalue weighted by molar-refractivity contribution is -0.133. The third-order valence-corrected chi connectivity index (χ3v) is 6.12. The summed E-state index contributed by atoms with van der Waals surface area (Å²) in [5.74, 6) is 0.929. The minimum absolute atomic E-state index is 0.00270. The lowest BCUT2D eigenvalue weighted by Gasteiger charge is -2.32. The second-order valence-electron chi connectivity index (χ2n) is 8.27. The van der Waals surface area contributed by atoms with Gasteiger partial charge in [-0.15, -0.1) is 0 Å². The number of ether oxygens (including phenoxy) is 2. The summed E-state index contributed by atoms with van der Waals surface area (Å²) in [6.07, 6.45) is 5.40. The number of aromatic amines is 1. The second-order valence-corrected chi connectivity index (χ2v) is 8.27. The molecule has 0 unspecified atom stereocenters. The summed E-state index contributed by atoms with van der Waals surface area (Å²) in [5.41, 5.74) is 2.29. The minimum atomic E-state index is 0.00270. The van der Waals surface area contributed by atoms with Crippen LogP contribution >= 0.6 is 0 Å². The third-order valence-electron chi connectivity index (χ3n) is 6.12. The molecule has 1 fully saturated rings. The molecule has 1 aromatic heterocycles. The Balaban J connectivity index is 1.39. The van der Waals surface area contributed by atoms with Gasteiger partial charge in [0, 0.05) is 38.6 Å². The highest BCUT2D eigenvalue weighted by Gasteiger charge is 2.25. The van der Waals surface area contributed by atoms with Gasteiger partial charge in [-0.2, -0.15) is 0 Å². The molecule has 0 bridgehead atoms. The summed E-state index contributed by atoms with van der Waals surface area (Å²) in [5, 5.41) is 13.2. The molecule has 3 heterocycles. The number of methoxy groups -OCH3 is 1. The van der Waals surface area contributed by atoms with Crippen molar-refractivity contribution in [3.8, 4) is 11.6 Å². The van der Waals surface area contributed by atoms with Gasteiger partial charge in [0.1, 0.15) is 18.2 Å². The predicted octanol–water partition coefficient (Wildman–Crippen LogP) is 2.40. The van der Waals surface area contributed by atoms with Crippen LogP contribution in [0.15, 0.2) is 46.4 Å². The number of benzene rings is 2. The number of piperidine rings is 1. The first-order valence-electron chi connectivity index (χ1n) is 11.1. The number of amides is 1. The number of carbonyl (C=O) groups is 1. The number of aliphatic imine (C=N–C) groups is 1. The maximum absolute atomic E-state index is 12.2. The van der Waals surface area contributed by atoms with Gasteiger partial charge in [-0.1, -0.05) is 12.1 Å². The Morgan fingerprint density at radius 3 is 2.94 bits per heavy atom. The van der Waals surface area contributed by atoms with Crippen LogP contribution in [0.2, 0.25) is 0 Å².